The zero-order valence-corrected chi connectivity index (χ0v) is 10.3. The van der Waals surface area contributed by atoms with Crippen LogP contribution in [0.3, 0.4) is 0 Å². The minimum atomic E-state index is 0.839. The molecule has 0 fully saturated rings. The fraction of sp³-hybridized carbons (Fsp3) is 0.286. The molecule has 0 radical (unpaired) electrons. The summed E-state index contributed by atoms with van der Waals surface area (Å²) in [5.74, 6) is 0. The number of furan rings is 1. The van der Waals surface area contributed by atoms with Gasteiger partial charge in [-0.2, -0.15) is 0 Å². The third kappa shape index (κ3) is 3.36. The fourth-order valence-corrected chi connectivity index (χ4v) is 1.66. The molecule has 1 aromatic heterocycles. The van der Waals surface area contributed by atoms with Crippen molar-refractivity contribution in [2.75, 3.05) is 19.0 Å². The van der Waals surface area contributed by atoms with Crippen molar-refractivity contribution in [1.29, 1.82) is 0 Å². The van der Waals surface area contributed by atoms with Gasteiger partial charge in [0.1, 0.15) is 0 Å². The van der Waals surface area contributed by atoms with E-state index in [1.165, 1.54) is 16.8 Å². The van der Waals surface area contributed by atoms with Gasteiger partial charge in [0.2, 0.25) is 0 Å². The van der Waals surface area contributed by atoms with Crippen LogP contribution in [0.4, 0.5) is 5.69 Å². The molecule has 1 N–H and O–H groups in total. The lowest BCUT2D eigenvalue weighted by atomic mass is 10.2. The molecule has 3 heteroatoms. The third-order valence-electron chi connectivity index (χ3n) is 2.69. The van der Waals surface area contributed by atoms with E-state index in [0.717, 1.165) is 13.1 Å². The number of rotatable bonds is 5. The fourth-order valence-electron chi connectivity index (χ4n) is 1.66. The summed E-state index contributed by atoms with van der Waals surface area (Å²) in [5.41, 5.74) is 3.69. The SMILES string of the molecule is CN(C)c1ccc(CNCc2ccoc2)cc1. The molecule has 0 aliphatic heterocycles. The monoisotopic (exact) mass is 230 g/mol. The van der Waals surface area contributed by atoms with Crippen molar-refractivity contribution >= 4 is 5.69 Å². The molecule has 0 aliphatic rings. The van der Waals surface area contributed by atoms with Crippen molar-refractivity contribution in [3.05, 3.63) is 54.0 Å². The van der Waals surface area contributed by atoms with Crippen LogP contribution in [-0.4, -0.2) is 14.1 Å². The Morgan fingerprint density at radius 3 is 2.29 bits per heavy atom. The predicted octanol–water partition coefficient (Wildman–Crippen LogP) is 2.64. The van der Waals surface area contributed by atoms with Gasteiger partial charge in [-0.1, -0.05) is 12.1 Å². The molecule has 0 unspecified atom stereocenters. The lowest BCUT2D eigenvalue weighted by Gasteiger charge is -2.12. The highest BCUT2D eigenvalue weighted by Crippen LogP contribution is 2.12. The van der Waals surface area contributed by atoms with Crippen molar-refractivity contribution in [3.8, 4) is 0 Å². The van der Waals surface area contributed by atoms with Crippen LogP contribution in [0, 0.1) is 0 Å². The summed E-state index contributed by atoms with van der Waals surface area (Å²) < 4.78 is 5.01. The topological polar surface area (TPSA) is 28.4 Å². The number of nitrogens with zero attached hydrogens (tertiary/aromatic N) is 1. The summed E-state index contributed by atoms with van der Waals surface area (Å²) >= 11 is 0. The highest BCUT2D eigenvalue weighted by Gasteiger charge is 1.97. The van der Waals surface area contributed by atoms with Crippen LogP contribution in [0.25, 0.3) is 0 Å². The first-order valence-corrected chi connectivity index (χ1v) is 5.74. The Labute approximate surface area is 102 Å². The molecule has 17 heavy (non-hydrogen) atoms. The maximum Gasteiger partial charge on any atom is 0.0947 e. The maximum atomic E-state index is 5.01. The Bertz CT molecular complexity index is 432. The molecule has 0 saturated heterocycles. The molecule has 90 valence electrons. The minimum absolute atomic E-state index is 0.839. The van der Waals surface area contributed by atoms with Crippen LogP contribution in [0.1, 0.15) is 11.1 Å². The Hall–Kier alpha value is -1.74. The van der Waals surface area contributed by atoms with E-state index in [9.17, 15) is 0 Å². The minimum Gasteiger partial charge on any atom is -0.472 e. The lowest BCUT2D eigenvalue weighted by Crippen LogP contribution is -2.12. The molecule has 0 saturated carbocycles. The van der Waals surface area contributed by atoms with Crippen molar-refractivity contribution in [2.24, 2.45) is 0 Å². The van der Waals surface area contributed by atoms with E-state index in [4.69, 9.17) is 4.42 Å². The predicted molar refractivity (Wildman–Crippen MR) is 70.0 cm³/mol. The van der Waals surface area contributed by atoms with Gasteiger partial charge in [-0.25, -0.2) is 0 Å². The molecule has 0 bridgehead atoms. The van der Waals surface area contributed by atoms with Crippen LogP contribution in [0.5, 0.6) is 0 Å². The number of benzene rings is 1. The summed E-state index contributed by atoms with van der Waals surface area (Å²) in [6, 6.07) is 10.5. The van der Waals surface area contributed by atoms with Crippen molar-refractivity contribution in [2.45, 2.75) is 13.1 Å². The van der Waals surface area contributed by atoms with Gasteiger partial charge in [0.25, 0.3) is 0 Å². The Morgan fingerprint density at radius 2 is 1.71 bits per heavy atom. The molecule has 2 rings (SSSR count). The second-order valence-corrected chi connectivity index (χ2v) is 4.30. The molecular weight excluding hydrogens is 212 g/mol. The second kappa shape index (κ2) is 5.55. The van der Waals surface area contributed by atoms with Gasteiger partial charge >= 0.3 is 0 Å². The molecule has 3 nitrogen and oxygen atoms in total. The molecule has 1 heterocycles. The molecule has 2 aromatic rings. The highest BCUT2D eigenvalue weighted by molar-refractivity contribution is 5.45. The average molecular weight is 230 g/mol. The lowest BCUT2D eigenvalue weighted by molar-refractivity contribution is 0.560. The smallest absolute Gasteiger partial charge is 0.0947 e. The van der Waals surface area contributed by atoms with Gasteiger partial charge in [-0.3, -0.25) is 0 Å². The van der Waals surface area contributed by atoms with Crippen LogP contribution in [0.2, 0.25) is 0 Å². The average Bonchev–Trinajstić information content (AvgIpc) is 2.83. The van der Waals surface area contributed by atoms with Crippen LogP contribution in [0.15, 0.2) is 47.3 Å². The van der Waals surface area contributed by atoms with Gasteiger partial charge in [0.15, 0.2) is 0 Å². The van der Waals surface area contributed by atoms with Gasteiger partial charge in [-0.15, -0.1) is 0 Å². The first kappa shape index (κ1) is 11.7. The summed E-state index contributed by atoms with van der Waals surface area (Å²) in [6.45, 7) is 1.71. The first-order chi connectivity index (χ1) is 8.25. The first-order valence-electron chi connectivity index (χ1n) is 5.74. The molecule has 0 aliphatic carbocycles. The number of anilines is 1. The van der Waals surface area contributed by atoms with E-state index in [-0.39, 0.29) is 0 Å². The zero-order valence-electron chi connectivity index (χ0n) is 10.3. The molecule has 0 atom stereocenters. The van der Waals surface area contributed by atoms with Gasteiger partial charge in [-0.05, 0) is 23.8 Å². The zero-order chi connectivity index (χ0) is 12.1. The van der Waals surface area contributed by atoms with E-state index < -0.39 is 0 Å². The summed E-state index contributed by atoms with van der Waals surface area (Å²) in [6.07, 6.45) is 3.46. The quantitative estimate of drug-likeness (QED) is 0.856. The van der Waals surface area contributed by atoms with E-state index in [1.807, 2.05) is 20.2 Å². The maximum absolute atomic E-state index is 5.01. The number of hydrogen-bond donors (Lipinski definition) is 1. The largest absolute Gasteiger partial charge is 0.472 e. The molecule has 0 spiro atoms. The van der Waals surface area contributed by atoms with Gasteiger partial charge in [0.05, 0.1) is 12.5 Å². The number of nitrogens with one attached hydrogen (secondary N) is 1. The Balaban J connectivity index is 1.83. The van der Waals surface area contributed by atoms with Crippen molar-refractivity contribution in [1.82, 2.24) is 5.32 Å². The second-order valence-electron chi connectivity index (χ2n) is 4.30. The van der Waals surface area contributed by atoms with Crippen LogP contribution < -0.4 is 10.2 Å². The molecule has 0 amide bonds. The highest BCUT2D eigenvalue weighted by atomic mass is 16.3. The van der Waals surface area contributed by atoms with E-state index >= 15 is 0 Å². The molecular formula is C14H18N2O. The summed E-state index contributed by atoms with van der Waals surface area (Å²) in [7, 11) is 4.10. The number of hydrogen-bond acceptors (Lipinski definition) is 3. The summed E-state index contributed by atoms with van der Waals surface area (Å²) in [4.78, 5) is 2.10. The van der Waals surface area contributed by atoms with Gasteiger partial charge in [0, 0.05) is 38.4 Å². The van der Waals surface area contributed by atoms with E-state index in [0.29, 0.717) is 0 Å². The standard InChI is InChI=1S/C14H18N2O/c1-16(2)14-5-3-12(4-6-14)9-15-10-13-7-8-17-11-13/h3-8,11,15H,9-10H2,1-2H3. The van der Waals surface area contributed by atoms with Crippen molar-refractivity contribution in [3.63, 3.8) is 0 Å². The molecule has 1 aromatic carbocycles. The van der Waals surface area contributed by atoms with Crippen LogP contribution >= 0.6 is 0 Å². The third-order valence-corrected chi connectivity index (χ3v) is 2.69. The van der Waals surface area contributed by atoms with Gasteiger partial charge < -0.3 is 14.6 Å². The van der Waals surface area contributed by atoms with Crippen LogP contribution in [-0.2, 0) is 13.1 Å². The summed E-state index contributed by atoms with van der Waals surface area (Å²) in [5, 5.41) is 3.38. The normalized spacial score (nSPS) is 10.5. The Morgan fingerprint density at radius 1 is 1.00 bits per heavy atom. The van der Waals surface area contributed by atoms with Crippen molar-refractivity contribution < 1.29 is 4.42 Å². The van der Waals surface area contributed by atoms with E-state index in [2.05, 4.69) is 34.5 Å². The van der Waals surface area contributed by atoms with E-state index in [1.54, 1.807) is 12.5 Å². The Kier molecular flexibility index (Phi) is 3.83.